The monoisotopic (exact) mass is 378 g/mol. The van der Waals surface area contributed by atoms with Crippen LogP contribution in [0.2, 0.25) is 0 Å². The minimum absolute atomic E-state index is 0.0127. The van der Waals surface area contributed by atoms with E-state index in [0.29, 0.717) is 0 Å². The molecule has 1 rings (SSSR count). The number of aryl methyl sites for hydroxylation is 1. The summed E-state index contributed by atoms with van der Waals surface area (Å²) in [5, 5.41) is 9.32. The van der Waals surface area contributed by atoms with Gasteiger partial charge in [-0.05, 0) is 35.3 Å². The summed E-state index contributed by atoms with van der Waals surface area (Å²) in [6.45, 7) is 2.05. The van der Waals surface area contributed by atoms with Crippen molar-refractivity contribution in [1.82, 2.24) is 0 Å². The maximum absolute atomic E-state index is 9.32. The van der Waals surface area contributed by atoms with E-state index < -0.39 is 0 Å². The van der Waals surface area contributed by atoms with Crippen LogP contribution in [0.15, 0.2) is 29.8 Å². The Labute approximate surface area is 135 Å². The van der Waals surface area contributed by atoms with Gasteiger partial charge in [-0.3, -0.25) is 0 Å². The van der Waals surface area contributed by atoms with Gasteiger partial charge in [0.1, 0.15) is 0 Å². The van der Waals surface area contributed by atoms with E-state index in [-0.39, 0.29) is 6.61 Å². The van der Waals surface area contributed by atoms with E-state index in [9.17, 15) is 5.11 Å². The first-order valence-electron chi connectivity index (χ1n) is 6.71. The third kappa shape index (κ3) is 7.38. The van der Waals surface area contributed by atoms with Crippen molar-refractivity contribution >= 4 is 28.7 Å². The van der Waals surface area contributed by atoms with Crippen molar-refractivity contribution in [3.63, 3.8) is 0 Å². The summed E-state index contributed by atoms with van der Waals surface area (Å²) in [6.07, 6.45) is 5.88. The molecule has 20 heavy (non-hydrogen) atoms. The average Bonchev–Trinajstić information content (AvgIpc) is 2.47. The van der Waals surface area contributed by atoms with E-state index in [1.54, 1.807) is 0 Å². The highest BCUT2D eigenvalue weighted by molar-refractivity contribution is 14.1. The van der Waals surface area contributed by atoms with Gasteiger partial charge in [-0.1, -0.05) is 47.6 Å². The molecule has 0 heterocycles. The second kappa shape index (κ2) is 10.5. The minimum atomic E-state index is -0.0127. The van der Waals surface area contributed by atoms with E-state index in [1.807, 2.05) is 18.2 Å². The molecular weight excluding hydrogens is 359 g/mol. The summed E-state index contributed by atoms with van der Waals surface area (Å²) in [7, 11) is 0. The molecule has 0 radical (unpaired) electrons. The van der Waals surface area contributed by atoms with Gasteiger partial charge in [0.25, 0.3) is 0 Å². The second-order valence-electron chi connectivity index (χ2n) is 4.52. The van der Waals surface area contributed by atoms with E-state index >= 15 is 0 Å². The normalized spacial score (nSPS) is 10.2. The molecule has 0 bridgehead atoms. The largest absolute Gasteiger partial charge is 0.391 e. The first-order chi connectivity index (χ1) is 9.76. The molecule has 1 nitrogen and oxygen atoms in total. The first kappa shape index (κ1) is 16.8. The zero-order chi connectivity index (χ0) is 14.6. The molecule has 1 aromatic rings. The molecule has 0 spiro atoms. The molecule has 0 unspecified atom stereocenters. The number of unbranched alkanes of at least 4 members (excludes halogenated alkanes) is 3. The molecule has 1 aromatic carbocycles. The van der Waals surface area contributed by atoms with Crippen molar-refractivity contribution in [2.75, 3.05) is 6.61 Å². The molecule has 0 aliphatic heterocycles. The summed E-state index contributed by atoms with van der Waals surface area (Å²) in [6, 6.07) is 8.19. The summed E-state index contributed by atoms with van der Waals surface area (Å²) >= 11 is 2.06. The Morgan fingerprint density at radius 3 is 2.40 bits per heavy atom. The number of hydrogen-bond donors (Lipinski definition) is 1. The van der Waals surface area contributed by atoms with Gasteiger partial charge in [0.15, 0.2) is 0 Å². The predicted molar refractivity (Wildman–Crippen MR) is 94.3 cm³/mol. The zero-order valence-electron chi connectivity index (χ0n) is 11.7. The van der Waals surface area contributed by atoms with Crippen LogP contribution in [0.5, 0.6) is 0 Å². The van der Waals surface area contributed by atoms with Gasteiger partial charge in [-0.15, -0.1) is 0 Å². The van der Waals surface area contributed by atoms with Crippen molar-refractivity contribution < 1.29 is 5.11 Å². The van der Waals surface area contributed by atoms with Crippen LogP contribution in [0.25, 0.3) is 6.08 Å². The Morgan fingerprint density at radius 1 is 1.15 bits per heavy atom. The van der Waals surface area contributed by atoms with Crippen molar-refractivity contribution in [2.24, 2.45) is 0 Å². The Bertz CT molecular complexity index is 547. The number of aliphatic hydroxyl groups is 1. The van der Waals surface area contributed by atoms with Crippen LogP contribution < -0.4 is 0 Å². The molecule has 0 aliphatic rings. The molecule has 2 heteroatoms. The Hall–Kier alpha value is -1.23. The number of benzene rings is 1. The van der Waals surface area contributed by atoms with Gasteiger partial charge >= 0.3 is 0 Å². The Morgan fingerprint density at radius 2 is 1.80 bits per heavy atom. The smallest absolute Gasteiger partial charge is 0.0760 e. The number of aliphatic hydroxyl groups excluding tert-OH is 1. The summed E-state index contributed by atoms with van der Waals surface area (Å²) in [4.78, 5) is 0. The zero-order valence-corrected chi connectivity index (χ0v) is 13.9. The number of hydrogen-bond acceptors (Lipinski definition) is 1. The molecule has 0 fully saturated rings. The van der Waals surface area contributed by atoms with Gasteiger partial charge in [0, 0.05) is 41.0 Å². The van der Waals surface area contributed by atoms with E-state index in [1.165, 1.54) is 5.56 Å². The lowest BCUT2D eigenvalue weighted by Crippen LogP contribution is -1.87. The number of rotatable bonds is 5. The van der Waals surface area contributed by atoms with E-state index in [4.69, 9.17) is 0 Å². The molecule has 1 N–H and O–H groups in total. The quantitative estimate of drug-likeness (QED) is 0.460. The van der Waals surface area contributed by atoms with Crippen molar-refractivity contribution in [3.05, 3.63) is 41.0 Å². The van der Waals surface area contributed by atoms with Gasteiger partial charge in [-0.25, -0.2) is 0 Å². The summed E-state index contributed by atoms with van der Waals surface area (Å²) in [5.41, 5.74) is 3.07. The maximum atomic E-state index is 9.32. The molecule has 0 atom stereocenters. The minimum Gasteiger partial charge on any atom is -0.391 e. The highest BCUT2D eigenvalue weighted by Crippen LogP contribution is 2.08. The lowest BCUT2D eigenvalue weighted by atomic mass is 10.1. The molecule has 0 aromatic heterocycles. The molecule has 0 saturated carbocycles. The fourth-order valence-corrected chi connectivity index (χ4v) is 1.90. The van der Waals surface area contributed by atoms with Gasteiger partial charge < -0.3 is 5.11 Å². The molecular formula is C18H19IO. The van der Waals surface area contributed by atoms with Crippen LogP contribution >= 0.6 is 22.6 Å². The standard InChI is InChI=1S/C18H19IO/c1-16-9-11-17(12-10-16)14-18(15-20)8-6-4-2-3-5-7-13-19/h9-12,14,20H,2-5,15H2,1H3. The van der Waals surface area contributed by atoms with Crippen LogP contribution in [0.3, 0.4) is 0 Å². The fraction of sp³-hybridized carbons (Fsp3) is 0.333. The van der Waals surface area contributed by atoms with E-state index in [0.717, 1.165) is 36.8 Å². The van der Waals surface area contributed by atoms with Crippen LogP contribution in [0, 0.1) is 28.6 Å². The third-order valence-corrected chi connectivity index (χ3v) is 3.14. The van der Waals surface area contributed by atoms with Crippen LogP contribution in [0.4, 0.5) is 0 Å². The molecule has 0 aliphatic carbocycles. The van der Waals surface area contributed by atoms with Crippen LogP contribution in [-0.4, -0.2) is 11.7 Å². The van der Waals surface area contributed by atoms with Crippen molar-refractivity contribution in [3.8, 4) is 21.7 Å². The topological polar surface area (TPSA) is 20.2 Å². The van der Waals surface area contributed by atoms with Crippen LogP contribution in [0.1, 0.15) is 36.8 Å². The Balaban J connectivity index is 2.49. The SMILES string of the molecule is Cc1ccc(C=C(C#CCCCCC#CI)CO)cc1. The van der Waals surface area contributed by atoms with Crippen molar-refractivity contribution in [1.29, 1.82) is 0 Å². The summed E-state index contributed by atoms with van der Waals surface area (Å²) < 4.78 is 2.86. The molecule has 0 saturated heterocycles. The first-order valence-corrected chi connectivity index (χ1v) is 7.79. The lowest BCUT2D eigenvalue weighted by Gasteiger charge is -1.97. The number of halogens is 1. The fourth-order valence-electron chi connectivity index (χ4n) is 1.64. The van der Waals surface area contributed by atoms with E-state index in [2.05, 4.69) is 63.3 Å². The average molecular weight is 378 g/mol. The maximum Gasteiger partial charge on any atom is 0.0760 e. The third-order valence-electron chi connectivity index (χ3n) is 2.76. The van der Waals surface area contributed by atoms with Gasteiger partial charge in [-0.2, -0.15) is 0 Å². The van der Waals surface area contributed by atoms with Gasteiger partial charge in [0.2, 0.25) is 0 Å². The second-order valence-corrected chi connectivity index (χ2v) is 5.06. The van der Waals surface area contributed by atoms with Crippen molar-refractivity contribution in [2.45, 2.75) is 32.6 Å². The van der Waals surface area contributed by atoms with Crippen LogP contribution in [-0.2, 0) is 0 Å². The highest BCUT2D eigenvalue weighted by atomic mass is 127. The highest BCUT2D eigenvalue weighted by Gasteiger charge is 1.92. The Kier molecular flexibility index (Phi) is 8.87. The lowest BCUT2D eigenvalue weighted by molar-refractivity contribution is 0.337. The molecule has 104 valence electrons. The summed E-state index contributed by atoms with van der Waals surface area (Å²) in [5.74, 6) is 9.20. The predicted octanol–water partition coefficient (Wildman–Crippen LogP) is 4.33. The molecule has 0 amide bonds. The van der Waals surface area contributed by atoms with Gasteiger partial charge in [0.05, 0.1) is 6.61 Å².